The smallest absolute Gasteiger partial charge is 0.338 e. The molecule has 4 rings (SSSR count). The molecule has 0 fully saturated rings. The van der Waals surface area contributed by atoms with Crippen LogP contribution in [-0.2, 0) is 17.6 Å². The molecule has 0 saturated heterocycles. The summed E-state index contributed by atoms with van der Waals surface area (Å²) in [5.74, 6) is 0.366. The van der Waals surface area contributed by atoms with Gasteiger partial charge in [-0.3, -0.25) is 0 Å². The molecule has 3 aromatic rings. The highest BCUT2D eigenvalue weighted by Gasteiger charge is 2.25. The van der Waals surface area contributed by atoms with Crippen molar-refractivity contribution in [3.8, 4) is 33.8 Å². The van der Waals surface area contributed by atoms with Gasteiger partial charge in [0.1, 0.15) is 12.4 Å². The van der Waals surface area contributed by atoms with Crippen LogP contribution in [0.2, 0.25) is 0 Å². The van der Waals surface area contributed by atoms with Gasteiger partial charge >= 0.3 is 5.97 Å². The first-order valence-corrected chi connectivity index (χ1v) is 10.0. The minimum absolute atomic E-state index is 0.323. The number of hydrogen-bond donors (Lipinski definition) is 0. The van der Waals surface area contributed by atoms with Gasteiger partial charge in [0.2, 0.25) is 0 Å². The third kappa shape index (κ3) is 3.79. The van der Waals surface area contributed by atoms with Crippen LogP contribution in [0.3, 0.4) is 0 Å². The fourth-order valence-electron chi connectivity index (χ4n) is 4.03. The Bertz CT molecular complexity index is 1170. The van der Waals surface area contributed by atoms with E-state index in [4.69, 9.17) is 14.2 Å². The number of rotatable bonds is 6. The van der Waals surface area contributed by atoms with Crippen LogP contribution in [0.1, 0.15) is 21.5 Å². The second-order valence-corrected chi connectivity index (χ2v) is 7.29. The summed E-state index contributed by atoms with van der Waals surface area (Å²) in [5.41, 5.74) is 5.25. The van der Waals surface area contributed by atoms with Gasteiger partial charge < -0.3 is 14.2 Å². The van der Waals surface area contributed by atoms with E-state index in [9.17, 15) is 9.18 Å². The van der Waals surface area contributed by atoms with Crippen molar-refractivity contribution >= 4 is 5.97 Å². The summed E-state index contributed by atoms with van der Waals surface area (Å²) in [6, 6.07) is 14.0. The lowest BCUT2D eigenvalue weighted by molar-refractivity contribution is 0.0601. The number of halogens is 1. The lowest BCUT2D eigenvalue weighted by Crippen LogP contribution is -2.10. The SMILES string of the molecule is C=CCOc1cc2c(cc1OC)CCc1cc(-c3ccccc3F)c(C(=O)OC)cc1-2. The first kappa shape index (κ1) is 20.7. The molecule has 31 heavy (non-hydrogen) atoms. The summed E-state index contributed by atoms with van der Waals surface area (Å²) in [6.07, 6.45) is 3.23. The Labute approximate surface area is 180 Å². The summed E-state index contributed by atoms with van der Waals surface area (Å²) in [4.78, 5) is 12.6. The van der Waals surface area contributed by atoms with Crippen molar-refractivity contribution in [3.63, 3.8) is 0 Å². The molecule has 0 N–H and O–H groups in total. The summed E-state index contributed by atoms with van der Waals surface area (Å²) in [6.45, 7) is 4.04. The number of ether oxygens (including phenoxy) is 3. The van der Waals surface area contributed by atoms with E-state index in [1.165, 1.54) is 13.2 Å². The quantitative estimate of drug-likeness (QED) is 0.385. The van der Waals surface area contributed by atoms with E-state index in [-0.39, 0.29) is 5.82 Å². The van der Waals surface area contributed by atoms with Crippen molar-refractivity contribution in [3.05, 3.63) is 83.7 Å². The van der Waals surface area contributed by atoms with Gasteiger partial charge in [0.05, 0.1) is 19.8 Å². The zero-order chi connectivity index (χ0) is 22.0. The van der Waals surface area contributed by atoms with Crippen LogP contribution in [0.4, 0.5) is 4.39 Å². The molecule has 1 aliphatic carbocycles. The molecule has 5 heteroatoms. The van der Waals surface area contributed by atoms with E-state index in [0.29, 0.717) is 34.8 Å². The van der Waals surface area contributed by atoms with E-state index in [1.54, 1.807) is 37.5 Å². The summed E-state index contributed by atoms with van der Waals surface area (Å²) in [5, 5.41) is 0. The van der Waals surface area contributed by atoms with E-state index in [0.717, 1.165) is 35.1 Å². The van der Waals surface area contributed by atoms with Crippen LogP contribution in [0.5, 0.6) is 11.5 Å². The van der Waals surface area contributed by atoms with Crippen molar-refractivity contribution in [1.82, 2.24) is 0 Å². The highest BCUT2D eigenvalue weighted by Crippen LogP contribution is 2.43. The van der Waals surface area contributed by atoms with Crippen molar-refractivity contribution in [2.45, 2.75) is 12.8 Å². The zero-order valence-corrected chi connectivity index (χ0v) is 17.5. The molecule has 0 amide bonds. The second-order valence-electron chi connectivity index (χ2n) is 7.29. The Morgan fingerprint density at radius 3 is 2.35 bits per heavy atom. The largest absolute Gasteiger partial charge is 0.493 e. The number of methoxy groups -OCH3 is 2. The molecule has 4 nitrogen and oxygen atoms in total. The van der Waals surface area contributed by atoms with E-state index < -0.39 is 5.97 Å². The lowest BCUT2D eigenvalue weighted by Gasteiger charge is -2.24. The first-order valence-electron chi connectivity index (χ1n) is 10.0. The normalized spacial score (nSPS) is 11.8. The number of benzene rings is 3. The van der Waals surface area contributed by atoms with Crippen molar-refractivity contribution in [2.75, 3.05) is 20.8 Å². The Hall–Kier alpha value is -3.60. The molecule has 0 bridgehead atoms. The fourth-order valence-corrected chi connectivity index (χ4v) is 4.03. The maximum atomic E-state index is 14.6. The minimum atomic E-state index is -0.509. The van der Waals surface area contributed by atoms with Crippen LogP contribution in [0.15, 0.2) is 61.2 Å². The molecule has 0 unspecified atom stereocenters. The van der Waals surface area contributed by atoms with Gasteiger partial charge in [-0.25, -0.2) is 9.18 Å². The van der Waals surface area contributed by atoms with Crippen LogP contribution in [0.25, 0.3) is 22.3 Å². The van der Waals surface area contributed by atoms with Crippen molar-refractivity contribution in [2.24, 2.45) is 0 Å². The van der Waals surface area contributed by atoms with Crippen molar-refractivity contribution in [1.29, 1.82) is 0 Å². The highest BCUT2D eigenvalue weighted by atomic mass is 19.1. The first-order chi connectivity index (χ1) is 15.1. The van der Waals surface area contributed by atoms with E-state index >= 15 is 0 Å². The van der Waals surface area contributed by atoms with Gasteiger partial charge in [0.25, 0.3) is 0 Å². The third-order valence-corrected chi connectivity index (χ3v) is 5.51. The lowest BCUT2D eigenvalue weighted by atomic mass is 9.82. The molecule has 0 saturated carbocycles. The maximum Gasteiger partial charge on any atom is 0.338 e. The van der Waals surface area contributed by atoms with E-state index in [2.05, 4.69) is 6.58 Å². The van der Waals surface area contributed by atoms with Gasteiger partial charge in [-0.15, -0.1) is 0 Å². The highest BCUT2D eigenvalue weighted by molar-refractivity contribution is 6.00. The number of esters is 1. The zero-order valence-electron chi connectivity index (χ0n) is 17.5. The van der Waals surface area contributed by atoms with Crippen LogP contribution >= 0.6 is 0 Å². The standard InChI is InChI=1S/C26H23FO4/c1-4-11-31-25-15-20-17(13-24(25)29-2)10-9-16-12-21(18-7-5-6-8-23(18)27)22(14-19(16)20)26(28)30-3/h4-8,12-15H,1,9-11H2,2-3H3. The predicted molar refractivity (Wildman–Crippen MR) is 118 cm³/mol. The molecule has 0 heterocycles. The molecule has 0 spiro atoms. The number of hydrogen-bond acceptors (Lipinski definition) is 4. The molecule has 0 aromatic heterocycles. The molecule has 1 aliphatic rings. The molecule has 0 radical (unpaired) electrons. The molecule has 158 valence electrons. The van der Waals surface area contributed by atoms with Crippen molar-refractivity contribution < 1.29 is 23.4 Å². The van der Waals surface area contributed by atoms with Crippen LogP contribution < -0.4 is 9.47 Å². The predicted octanol–water partition coefficient (Wildman–Crippen LogP) is 5.62. The number of fused-ring (bicyclic) bond motifs is 3. The average Bonchev–Trinajstić information content (AvgIpc) is 2.81. The molecule has 3 aromatic carbocycles. The van der Waals surface area contributed by atoms with Gasteiger partial charge in [-0.2, -0.15) is 0 Å². The fraction of sp³-hybridized carbons (Fsp3) is 0.192. The average molecular weight is 418 g/mol. The molecular weight excluding hydrogens is 395 g/mol. The van der Waals surface area contributed by atoms with Gasteiger partial charge in [0.15, 0.2) is 11.5 Å². The van der Waals surface area contributed by atoms with Crippen LogP contribution in [-0.4, -0.2) is 26.8 Å². The Kier molecular flexibility index (Phi) is 5.76. The Morgan fingerprint density at radius 1 is 0.968 bits per heavy atom. The molecular formula is C26H23FO4. The number of carbonyl (C=O) groups excluding carboxylic acids is 1. The van der Waals surface area contributed by atoms with Gasteiger partial charge in [-0.1, -0.05) is 30.9 Å². The second kappa shape index (κ2) is 8.64. The monoisotopic (exact) mass is 418 g/mol. The molecule has 0 aliphatic heterocycles. The van der Waals surface area contributed by atoms with Crippen LogP contribution in [0, 0.1) is 5.82 Å². The summed E-state index contributed by atoms with van der Waals surface area (Å²) in [7, 11) is 2.93. The van der Waals surface area contributed by atoms with Gasteiger partial charge in [0, 0.05) is 5.56 Å². The summed E-state index contributed by atoms with van der Waals surface area (Å²) < 4.78 is 30.8. The van der Waals surface area contributed by atoms with E-state index in [1.807, 2.05) is 18.2 Å². The number of carbonyl (C=O) groups is 1. The number of aryl methyl sites for hydroxylation is 2. The topological polar surface area (TPSA) is 44.8 Å². The third-order valence-electron chi connectivity index (χ3n) is 5.51. The Balaban J connectivity index is 1.92. The minimum Gasteiger partial charge on any atom is -0.493 e. The maximum absolute atomic E-state index is 14.6. The van der Waals surface area contributed by atoms with Gasteiger partial charge in [-0.05, 0) is 71.0 Å². The molecule has 0 atom stereocenters. The summed E-state index contributed by atoms with van der Waals surface area (Å²) >= 11 is 0. The Morgan fingerprint density at radius 2 is 1.68 bits per heavy atom.